The number of nitrogens with one attached hydrogen (secondary N) is 1. The smallest absolute Gasteiger partial charge is 0.274 e. The highest BCUT2D eigenvalue weighted by Gasteiger charge is 2.46. The van der Waals surface area contributed by atoms with Crippen LogP contribution in [0.5, 0.6) is 0 Å². The van der Waals surface area contributed by atoms with E-state index in [1.807, 2.05) is 18.4 Å². The fourth-order valence-corrected chi connectivity index (χ4v) is 5.12. The first kappa shape index (κ1) is 14.0. The molecule has 110 valence electrons. The van der Waals surface area contributed by atoms with Crippen molar-refractivity contribution in [2.45, 2.75) is 32.1 Å². The number of nitrogens with zero attached hydrogens (tertiary/aromatic N) is 1. The lowest BCUT2D eigenvalue weighted by Gasteiger charge is -2.15. The van der Waals surface area contributed by atoms with Crippen LogP contribution < -0.4 is 4.72 Å². The predicted octanol–water partition coefficient (Wildman–Crippen LogP) is 1.62. The minimum absolute atomic E-state index is 0.190. The average Bonchev–Trinajstić information content (AvgIpc) is 2.81. The van der Waals surface area contributed by atoms with Gasteiger partial charge in [0.25, 0.3) is 0 Å². The molecule has 5 nitrogen and oxygen atoms in total. The Bertz CT molecular complexity index is 617. The number of rotatable bonds is 4. The van der Waals surface area contributed by atoms with Gasteiger partial charge in [0.2, 0.25) is 5.91 Å². The molecular weight excluding hydrogens is 296 g/mol. The van der Waals surface area contributed by atoms with Gasteiger partial charge >= 0.3 is 10.2 Å². The fourth-order valence-electron chi connectivity index (χ4n) is 2.73. The quantitative estimate of drug-likeness (QED) is 0.918. The summed E-state index contributed by atoms with van der Waals surface area (Å²) in [5.74, 6) is -0.344. The molecule has 0 bridgehead atoms. The van der Waals surface area contributed by atoms with Crippen molar-refractivity contribution >= 4 is 27.5 Å². The SMILES string of the molecule is Cc1ccsc1[C@H]1C[C@H]1C(=O)NS(=O)(=O)N1CCCC1. The van der Waals surface area contributed by atoms with E-state index in [1.165, 1.54) is 14.7 Å². The second-order valence-electron chi connectivity index (χ2n) is 5.49. The summed E-state index contributed by atoms with van der Waals surface area (Å²) in [5.41, 5.74) is 1.19. The molecule has 1 saturated heterocycles. The van der Waals surface area contributed by atoms with Gasteiger partial charge in [-0.25, -0.2) is 4.72 Å². The minimum atomic E-state index is -3.63. The highest BCUT2D eigenvalue weighted by Crippen LogP contribution is 2.50. The summed E-state index contributed by atoms with van der Waals surface area (Å²) >= 11 is 1.64. The van der Waals surface area contributed by atoms with Crippen molar-refractivity contribution in [3.63, 3.8) is 0 Å². The van der Waals surface area contributed by atoms with Crippen molar-refractivity contribution in [3.05, 3.63) is 21.9 Å². The molecule has 0 radical (unpaired) electrons. The summed E-state index contributed by atoms with van der Waals surface area (Å²) in [6, 6.07) is 2.04. The zero-order chi connectivity index (χ0) is 14.3. The summed E-state index contributed by atoms with van der Waals surface area (Å²) < 4.78 is 27.7. The van der Waals surface area contributed by atoms with Crippen LogP contribution in [0.4, 0.5) is 0 Å². The fraction of sp³-hybridized carbons (Fsp3) is 0.615. The molecule has 7 heteroatoms. The molecule has 1 N–H and O–H groups in total. The third-order valence-corrected chi connectivity index (χ3v) is 6.66. The first-order valence-corrected chi connectivity index (χ1v) is 9.17. The number of aryl methyl sites for hydroxylation is 1. The van der Waals surface area contributed by atoms with Crippen molar-refractivity contribution in [1.29, 1.82) is 0 Å². The van der Waals surface area contributed by atoms with Crippen LogP contribution in [0.25, 0.3) is 0 Å². The van der Waals surface area contributed by atoms with E-state index in [2.05, 4.69) is 4.72 Å². The van der Waals surface area contributed by atoms with Gasteiger partial charge in [-0.2, -0.15) is 12.7 Å². The number of carbonyl (C=O) groups is 1. The maximum absolute atomic E-state index is 12.1. The summed E-state index contributed by atoms with van der Waals surface area (Å²) in [7, 11) is -3.63. The Morgan fingerprint density at radius 1 is 1.40 bits per heavy atom. The third kappa shape index (κ3) is 2.62. The lowest BCUT2D eigenvalue weighted by Crippen LogP contribution is -2.42. The highest BCUT2D eigenvalue weighted by atomic mass is 32.2. The lowest BCUT2D eigenvalue weighted by atomic mass is 10.2. The molecule has 3 rings (SSSR count). The Morgan fingerprint density at radius 3 is 2.70 bits per heavy atom. The van der Waals surface area contributed by atoms with Gasteiger partial charge in [0.15, 0.2) is 0 Å². The monoisotopic (exact) mass is 314 g/mol. The van der Waals surface area contributed by atoms with Crippen LogP contribution in [0.15, 0.2) is 11.4 Å². The van der Waals surface area contributed by atoms with Crippen molar-refractivity contribution in [2.24, 2.45) is 5.92 Å². The molecular formula is C13H18N2O3S2. The first-order chi connectivity index (χ1) is 9.49. The van der Waals surface area contributed by atoms with Gasteiger partial charge in [0, 0.05) is 29.8 Å². The van der Waals surface area contributed by atoms with Crippen LogP contribution in [0.1, 0.15) is 35.6 Å². The second-order valence-corrected chi connectivity index (χ2v) is 8.11. The van der Waals surface area contributed by atoms with Crippen LogP contribution >= 0.6 is 11.3 Å². The van der Waals surface area contributed by atoms with Crippen LogP contribution in [0.3, 0.4) is 0 Å². The molecule has 2 aliphatic rings. The largest absolute Gasteiger partial charge is 0.303 e. The number of hydrogen-bond donors (Lipinski definition) is 1. The van der Waals surface area contributed by atoms with Gasteiger partial charge in [0.1, 0.15) is 0 Å². The maximum Gasteiger partial charge on any atom is 0.303 e. The van der Waals surface area contributed by atoms with Crippen LogP contribution in [-0.4, -0.2) is 31.7 Å². The Hall–Kier alpha value is -0.920. The summed E-state index contributed by atoms with van der Waals surface area (Å²) in [6.45, 7) is 3.06. The van der Waals surface area contributed by atoms with E-state index in [-0.39, 0.29) is 17.7 Å². The number of amides is 1. The van der Waals surface area contributed by atoms with E-state index < -0.39 is 10.2 Å². The Labute approximate surface area is 123 Å². The first-order valence-electron chi connectivity index (χ1n) is 6.85. The topological polar surface area (TPSA) is 66.5 Å². The van der Waals surface area contributed by atoms with Crippen molar-refractivity contribution < 1.29 is 13.2 Å². The van der Waals surface area contributed by atoms with Gasteiger partial charge in [-0.1, -0.05) is 0 Å². The van der Waals surface area contributed by atoms with E-state index in [1.54, 1.807) is 11.3 Å². The van der Waals surface area contributed by atoms with E-state index in [0.29, 0.717) is 13.1 Å². The number of carbonyl (C=O) groups excluding carboxylic acids is 1. The van der Waals surface area contributed by atoms with Gasteiger partial charge < -0.3 is 0 Å². The molecule has 1 aliphatic heterocycles. The predicted molar refractivity (Wildman–Crippen MR) is 77.8 cm³/mol. The lowest BCUT2D eigenvalue weighted by molar-refractivity contribution is -0.120. The molecule has 1 saturated carbocycles. The van der Waals surface area contributed by atoms with Crippen molar-refractivity contribution in [1.82, 2.24) is 9.03 Å². The Morgan fingerprint density at radius 2 is 2.10 bits per heavy atom. The maximum atomic E-state index is 12.1. The molecule has 0 aromatic carbocycles. The minimum Gasteiger partial charge on any atom is -0.274 e. The van der Waals surface area contributed by atoms with E-state index in [9.17, 15) is 13.2 Å². The molecule has 1 aliphatic carbocycles. The van der Waals surface area contributed by atoms with Gasteiger partial charge in [-0.15, -0.1) is 11.3 Å². The molecule has 2 heterocycles. The van der Waals surface area contributed by atoms with E-state index in [4.69, 9.17) is 0 Å². The average molecular weight is 314 g/mol. The van der Waals surface area contributed by atoms with E-state index in [0.717, 1.165) is 19.3 Å². The summed E-state index contributed by atoms with van der Waals surface area (Å²) in [6.07, 6.45) is 2.49. The van der Waals surface area contributed by atoms with Crippen LogP contribution in [0.2, 0.25) is 0 Å². The molecule has 1 aromatic rings. The highest BCUT2D eigenvalue weighted by molar-refractivity contribution is 7.87. The van der Waals surface area contributed by atoms with Gasteiger partial charge in [-0.05, 0) is 43.2 Å². The third-order valence-electron chi connectivity index (χ3n) is 4.00. The van der Waals surface area contributed by atoms with Crippen LogP contribution in [-0.2, 0) is 15.0 Å². The summed E-state index contributed by atoms with van der Waals surface area (Å²) in [4.78, 5) is 13.3. The number of thiophene rings is 1. The van der Waals surface area contributed by atoms with Crippen molar-refractivity contribution in [2.75, 3.05) is 13.1 Å². The molecule has 2 atom stereocenters. The standard InChI is InChI=1S/C13H18N2O3S2/c1-9-4-7-19-12(9)10-8-11(10)13(16)14-20(17,18)15-5-2-3-6-15/h4,7,10-11H,2-3,5-6,8H2,1H3,(H,14,16)/t10-,11+/m0/s1. The molecule has 1 aromatic heterocycles. The Kier molecular flexibility index (Phi) is 3.60. The Balaban J connectivity index is 1.63. The van der Waals surface area contributed by atoms with Gasteiger partial charge in [-0.3, -0.25) is 4.79 Å². The van der Waals surface area contributed by atoms with E-state index >= 15 is 0 Å². The van der Waals surface area contributed by atoms with Crippen molar-refractivity contribution in [3.8, 4) is 0 Å². The summed E-state index contributed by atoms with van der Waals surface area (Å²) in [5, 5.41) is 2.01. The van der Waals surface area contributed by atoms with Crippen LogP contribution in [0, 0.1) is 12.8 Å². The molecule has 2 fully saturated rings. The zero-order valence-corrected chi connectivity index (χ0v) is 13.0. The normalized spacial score (nSPS) is 26.6. The molecule has 20 heavy (non-hydrogen) atoms. The van der Waals surface area contributed by atoms with Gasteiger partial charge in [0.05, 0.1) is 0 Å². The zero-order valence-electron chi connectivity index (χ0n) is 11.3. The second kappa shape index (κ2) is 5.13. The molecule has 0 unspecified atom stereocenters. The molecule has 1 amide bonds. The number of hydrogen-bond acceptors (Lipinski definition) is 4. The molecule has 0 spiro atoms.